The van der Waals surface area contributed by atoms with Crippen molar-refractivity contribution in [1.29, 1.82) is 0 Å². The fourth-order valence-electron chi connectivity index (χ4n) is 3.59. The molecule has 138 valence electrons. The van der Waals surface area contributed by atoms with Crippen LogP contribution in [0, 0.1) is 0 Å². The van der Waals surface area contributed by atoms with Gasteiger partial charge in [-0.1, -0.05) is 30.3 Å². The Morgan fingerprint density at radius 1 is 0.964 bits per heavy atom. The molecule has 1 aliphatic heterocycles. The van der Waals surface area contributed by atoms with E-state index in [9.17, 15) is 0 Å². The Kier molecular flexibility index (Phi) is 4.34. The summed E-state index contributed by atoms with van der Waals surface area (Å²) in [4.78, 5) is 19.8. The summed E-state index contributed by atoms with van der Waals surface area (Å²) in [5, 5.41) is 7.41. The van der Waals surface area contributed by atoms with Crippen LogP contribution in [0.15, 0.2) is 61.4 Å². The van der Waals surface area contributed by atoms with Gasteiger partial charge in [0.2, 0.25) is 0 Å². The summed E-state index contributed by atoms with van der Waals surface area (Å²) in [5.41, 5.74) is 6.58. The number of fused-ring (bicyclic) bond motifs is 1. The van der Waals surface area contributed by atoms with Crippen LogP contribution in [0.5, 0.6) is 0 Å². The van der Waals surface area contributed by atoms with E-state index in [2.05, 4.69) is 42.2 Å². The van der Waals surface area contributed by atoms with Gasteiger partial charge < -0.3 is 0 Å². The SMILES string of the molecule is c1ccc(-c2[nH]ncc2CN2CCc3nc(-c4cncnc4)ncc3C2)cc1. The van der Waals surface area contributed by atoms with Crippen molar-refractivity contribution in [3.63, 3.8) is 0 Å². The fourth-order valence-corrected chi connectivity index (χ4v) is 3.59. The lowest BCUT2D eigenvalue weighted by Gasteiger charge is -2.28. The molecule has 0 spiro atoms. The zero-order valence-corrected chi connectivity index (χ0v) is 15.3. The standard InChI is InChI=1S/C21H19N7/c1-2-4-15(5-3-1)20-18(11-25-27-20)13-28-7-6-19-17(12-28)10-24-21(26-19)16-8-22-14-23-9-16/h1-5,8-11,14H,6-7,12-13H2,(H,25,27). The Bertz CT molecular complexity index is 1080. The number of H-pyrrole nitrogens is 1. The molecule has 0 saturated heterocycles. The number of hydrogen-bond donors (Lipinski definition) is 1. The molecule has 0 amide bonds. The zero-order chi connectivity index (χ0) is 18.8. The number of nitrogens with zero attached hydrogens (tertiary/aromatic N) is 6. The van der Waals surface area contributed by atoms with E-state index in [0.717, 1.165) is 48.6 Å². The maximum absolute atomic E-state index is 4.74. The van der Waals surface area contributed by atoms with E-state index in [1.807, 2.05) is 30.6 Å². The summed E-state index contributed by atoms with van der Waals surface area (Å²) >= 11 is 0. The third-order valence-corrected chi connectivity index (χ3v) is 5.01. The van der Waals surface area contributed by atoms with Crippen LogP contribution in [0.3, 0.4) is 0 Å². The normalized spacial score (nSPS) is 14.0. The van der Waals surface area contributed by atoms with Gasteiger partial charge in [0.15, 0.2) is 5.82 Å². The lowest BCUT2D eigenvalue weighted by atomic mass is 10.0. The molecule has 5 rings (SSSR count). The van der Waals surface area contributed by atoms with E-state index in [4.69, 9.17) is 4.98 Å². The molecule has 0 radical (unpaired) electrons. The first-order valence-electron chi connectivity index (χ1n) is 9.27. The number of benzene rings is 1. The number of aromatic amines is 1. The minimum atomic E-state index is 0.689. The highest BCUT2D eigenvalue weighted by Crippen LogP contribution is 2.25. The van der Waals surface area contributed by atoms with Gasteiger partial charge in [-0.3, -0.25) is 10.00 Å². The number of hydrogen-bond acceptors (Lipinski definition) is 6. The molecule has 0 saturated carbocycles. The highest BCUT2D eigenvalue weighted by molar-refractivity contribution is 5.62. The highest BCUT2D eigenvalue weighted by atomic mass is 15.2. The molecule has 0 unspecified atom stereocenters. The second-order valence-corrected chi connectivity index (χ2v) is 6.89. The first kappa shape index (κ1) is 16.7. The molecule has 7 nitrogen and oxygen atoms in total. The van der Waals surface area contributed by atoms with Crippen molar-refractivity contribution >= 4 is 0 Å². The van der Waals surface area contributed by atoms with E-state index in [1.54, 1.807) is 12.4 Å². The van der Waals surface area contributed by atoms with Crippen molar-refractivity contribution in [2.75, 3.05) is 6.54 Å². The van der Waals surface area contributed by atoms with Crippen molar-refractivity contribution in [3.05, 3.63) is 78.3 Å². The average molecular weight is 369 g/mol. The minimum absolute atomic E-state index is 0.689. The van der Waals surface area contributed by atoms with Gasteiger partial charge in [0.25, 0.3) is 0 Å². The van der Waals surface area contributed by atoms with Crippen molar-refractivity contribution in [1.82, 2.24) is 35.0 Å². The predicted octanol–water partition coefficient (Wildman–Crippen LogP) is 2.88. The Labute approximate surface area is 162 Å². The molecular weight excluding hydrogens is 350 g/mol. The second-order valence-electron chi connectivity index (χ2n) is 6.89. The van der Waals surface area contributed by atoms with Crippen LogP contribution in [0.4, 0.5) is 0 Å². The predicted molar refractivity (Wildman–Crippen MR) is 105 cm³/mol. The summed E-state index contributed by atoms with van der Waals surface area (Å²) in [6.07, 6.45) is 9.76. The second kappa shape index (κ2) is 7.28. The van der Waals surface area contributed by atoms with Crippen LogP contribution >= 0.6 is 0 Å². The van der Waals surface area contributed by atoms with Crippen LogP contribution in [0.25, 0.3) is 22.6 Å². The van der Waals surface area contributed by atoms with E-state index < -0.39 is 0 Å². The maximum atomic E-state index is 4.74. The topological polar surface area (TPSA) is 83.5 Å². The van der Waals surface area contributed by atoms with Crippen LogP contribution < -0.4 is 0 Å². The molecule has 4 heterocycles. The van der Waals surface area contributed by atoms with Crippen molar-refractivity contribution in [2.24, 2.45) is 0 Å². The summed E-state index contributed by atoms with van der Waals surface area (Å²) < 4.78 is 0. The monoisotopic (exact) mass is 369 g/mol. The maximum Gasteiger partial charge on any atom is 0.162 e. The Balaban J connectivity index is 1.34. The Morgan fingerprint density at radius 2 is 1.82 bits per heavy atom. The van der Waals surface area contributed by atoms with Crippen LogP contribution in [0.1, 0.15) is 16.8 Å². The average Bonchev–Trinajstić information content (AvgIpc) is 3.23. The lowest BCUT2D eigenvalue weighted by Crippen LogP contribution is -2.31. The summed E-state index contributed by atoms with van der Waals surface area (Å²) in [5.74, 6) is 0.689. The molecule has 0 bridgehead atoms. The first-order chi connectivity index (χ1) is 13.9. The molecule has 1 aromatic carbocycles. The van der Waals surface area contributed by atoms with E-state index >= 15 is 0 Å². The summed E-state index contributed by atoms with van der Waals surface area (Å²) in [7, 11) is 0. The number of nitrogens with one attached hydrogen (secondary N) is 1. The van der Waals surface area contributed by atoms with Crippen LogP contribution in [0.2, 0.25) is 0 Å². The van der Waals surface area contributed by atoms with Crippen molar-refractivity contribution in [2.45, 2.75) is 19.5 Å². The van der Waals surface area contributed by atoms with Gasteiger partial charge in [-0.15, -0.1) is 0 Å². The molecule has 28 heavy (non-hydrogen) atoms. The van der Waals surface area contributed by atoms with Gasteiger partial charge in [0.1, 0.15) is 6.33 Å². The molecule has 0 fully saturated rings. The van der Waals surface area contributed by atoms with Gasteiger partial charge >= 0.3 is 0 Å². The van der Waals surface area contributed by atoms with Gasteiger partial charge in [0.05, 0.1) is 23.1 Å². The molecule has 7 heteroatoms. The number of rotatable bonds is 4. The lowest BCUT2D eigenvalue weighted by molar-refractivity contribution is 0.243. The molecular formula is C21H19N7. The molecule has 3 aromatic heterocycles. The van der Waals surface area contributed by atoms with E-state index in [-0.39, 0.29) is 0 Å². The molecule has 0 atom stereocenters. The van der Waals surface area contributed by atoms with Crippen LogP contribution in [-0.4, -0.2) is 41.6 Å². The quantitative estimate of drug-likeness (QED) is 0.595. The van der Waals surface area contributed by atoms with Crippen LogP contribution in [-0.2, 0) is 19.5 Å². The number of aromatic nitrogens is 6. The minimum Gasteiger partial charge on any atom is -0.294 e. The van der Waals surface area contributed by atoms with Gasteiger partial charge in [-0.2, -0.15) is 5.10 Å². The molecule has 0 aliphatic carbocycles. The van der Waals surface area contributed by atoms with Gasteiger partial charge in [0, 0.05) is 55.8 Å². The first-order valence-corrected chi connectivity index (χ1v) is 9.27. The van der Waals surface area contributed by atoms with Gasteiger partial charge in [-0.25, -0.2) is 19.9 Å². The molecule has 1 aliphatic rings. The molecule has 1 N–H and O–H groups in total. The third-order valence-electron chi connectivity index (χ3n) is 5.01. The zero-order valence-electron chi connectivity index (χ0n) is 15.3. The van der Waals surface area contributed by atoms with E-state index in [1.165, 1.54) is 17.5 Å². The fraction of sp³-hybridized carbons (Fsp3) is 0.190. The Morgan fingerprint density at radius 3 is 2.68 bits per heavy atom. The molecule has 4 aromatic rings. The van der Waals surface area contributed by atoms with Gasteiger partial charge in [-0.05, 0) is 5.56 Å². The largest absolute Gasteiger partial charge is 0.294 e. The van der Waals surface area contributed by atoms with E-state index in [0.29, 0.717) is 5.82 Å². The summed E-state index contributed by atoms with van der Waals surface area (Å²) in [6, 6.07) is 10.3. The summed E-state index contributed by atoms with van der Waals surface area (Å²) in [6.45, 7) is 2.63. The van der Waals surface area contributed by atoms with Crippen molar-refractivity contribution in [3.8, 4) is 22.6 Å². The van der Waals surface area contributed by atoms with Crippen molar-refractivity contribution < 1.29 is 0 Å². The third kappa shape index (κ3) is 3.27. The highest BCUT2D eigenvalue weighted by Gasteiger charge is 2.20. The Hall–Kier alpha value is -3.45. The smallest absolute Gasteiger partial charge is 0.162 e.